The molecule has 1 aromatic heterocycles. The summed E-state index contributed by atoms with van der Waals surface area (Å²) < 4.78 is 34.0. The number of nitrogens with two attached hydrogens (primary N) is 1. The van der Waals surface area contributed by atoms with E-state index in [-0.39, 0.29) is 17.8 Å². The molecule has 3 rings (SSSR count). The first kappa shape index (κ1) is 16.7. The van der Waals surface area contributed by atoms with Gasteiger partial charge in [-0.2, -0.15) is 0 Å². The van der Waals surface area contributed by atoms with Gasteiger partial charge in [0.25, 0.3) is 0 Å². The van der Waals surface area contributed by atoms with Crippen molar-refractivity contribution in [3.05, 3.63) is 60.7 Å². The molecule has 0 aliphatic carbocycles. The molecule has 1 aliphatic rings. The molecular weight excluding hydrogens is 330 g/mol. The molecule has 0 radical (unpaired) electrons. The zero-order valence-electron chi connectivity index (χ0n) is 13.2. The Hall–Kier alpha value is -3.16. The van der Waals surface area contributed by atoms with Crippen LogP contribution in [0.5, 0.6) is 0 Å². The highest BCUT2D eigenvalue weighted by atomic mass is 19.1. The number of carbonyl (C=O) groups excluding carboxylic acids is 1. The zero-order valence-corrected chi connectivity index (χ0v) is 13.2. The fraction of sp³-hybridized carbons (Fsp3) is 0.176. The Morgan fingerprint density at radius 2 is 2.16 bits per heavy atom. The Labute approximate surface area is 142 Å². The van der Waals surface area contributed by atoms with Crippen LogP contribution >= 0.6 is 0 Å². The second-order valence-corrected chi connectivity index (χ2v) is 5.41. The van der Waals surface area contributed by atoms with Crippen molar-refractivity contribution in [1.29, 1.82) is 0 Å². The van der Waals surface area contributed by atoms with Crippen LogP contribution in [0.2, 0.25) is 0 Å². The van der Waals surface area contributed by atoms with E-state index in [1.807, 2.05) is 0 Å². The number of nitrogens with zero attached hydrogens (tertiary/aromatic N) is 2. The number of anilines is 1. The van der Waals surface area contributed by atoms with Crippen LogP contribution in [0.4, 0.5) is 19.3 Å². The van der Waals surface area contributed by atoms with Crippen molar-refractivity contribution in [2.45, 2.75) is 6.10 Å². The van der Waals surface area contributed by atoms with Crippen LogP contribution in [-0.4, -0.2) is 30.3 Å². The first-order valence-electron chi connectivity index (χ1n) is 7.58. The summed E-state index contributed by atoms with van der Waals surface area (Å²) in [6.45, 7) is 0.518. The lowest BCUT2D eigenvalue weighted by molar-refractivity contribution is 0.142. The van der Waals surface area contributed by atoms with Crippen LogP contribution in [0.1, 0.15) is 0 Å². The number of carbonyl (C=O) groups is 1. The summed E-state index contributed by atoms with van der Waals surface area (Å²) in [6, 6.07) is 5.38. The third kappa shape index (κ3) is 3.52. The first-order valence-corrected chi connectivity index (χ1v) is 7.58. The van der Waals surface area contributed by atoms with Gasteiger partial charge in [-0.1, -0.05) is 6.07 Å². The summed E-state index contributed by atoms with van der Waals surface area (Å²) in [4.78, 5) is 17.0. The predicted octanol–water partition coefficient (Wildman–Crippen LogP) is 2.37. The highest BCUT2D eigenvalue weighted by molar-refractivity contribution is 5.90. The summed E-state index contributed by atoms with van der Waals surface area (Å²) >= 11 is 0. The van der Waals surface area contributed by atoms with Crippen LogP contribution in [0.3, 0.4) is 0 Å². The normalized spacial score (nSPS) is 17.1. The van der Waals surface area contributed by atoms with Gasteiger partial charge in [0.05, 0.1) is 24.3 Å². The average Bonchev–Trinajstić information content (AvgIpc) is 2.96. The molecule has 130 valence electrons. The number of hydrogen-bond acceptors (Lipinski definition) is 5. The lowest BCUT2D eigenvalue weighted by Crippen LogP contribution is -2.29. The number of rotatable bonds is 5. The molecule has 1 amide bonds. The quantitative estimate of drug-likeness (QED) is 0.869. The molecule has 8 heteroatoms. The van der Waals surface area contributed by atoms with E-state index in [4.69, 9.17) is 10.5 Å². The standard InChI is InChI=1S/C17H16F2N4O2/c18-14-6-12(7-15(19)16(14)11-2-1-4-21-8-11)23-10-13(25-17(23)24)9-22-5-3-20/h1-8,13,22H,9-10,20H2/b5-3-. The SMILES string of the molecule is N/C=C\NCC1CN(c2cc(F)c(-c3cccnc3)c(F)c2)C(=O)O1. The molecule has 0 bridgehead atoms. The number of cyclic esters (lactones) is 1. The third-order valence-electron chi connectivity index (χ3n) is 3.72. The predicted molar refractivity (Wildman–Crippen MR) is 88.5 cm³/mol. The Morgan fingerprint density at radius 3 is 2.80 bits per heavy atom. The highest BCUT2D eigenvalue weighted by Crippen LogP contribution is 2.31. The van der Waals surface area contributed by atoms with E-state index < -0.39 is 23.8 Å². The Bertz CT molecular complexity index is 775. The molecule has 0 saturated carbocycles. The Kier molecular flexibility index (Phi) is 4.78. The van der Waals surface area contributed by atoms with Crippen LogP contribution < -0.4 is 16.0 Å². The molecule has 6 nitrogen and oxygen atoms in total. The van der Waals surface area contributed by atoms with Crippen molar-refractivity contribution in [3.63, 3.8) is 0 Å². The molecule has 3 N–H and O–H groups in total. The van der Waals surface area contributed by atoms with Crippen LogP contribution in [0.15, 0.2) is 49.1 Å². The molecule has 1 aliphatic heterocycles. The third-order valence-corrected chi connectivity index (χ3v) is 3.72. The smallest absolute Gasteiger partial charge is 0.414 e. The second kappa shape index (κ2) is 7.16. The number of pyridine rings is 1. The summed E-state index contributed by atoms with van der Waals surface area (Å²) in [5.74, 6) is -1.55. The van der Waals surface area contributed by atoms with Crippen molar-refractivity contribution in [3.8, 4) is 11.1 Å². The summed E-state index contributed by atoms with van der Waals surface area (Å²) in [5.41, 5.74) is 5.45. The largest absolute Gasteiger partial charge is 0.442 e. The van der Waals surface area contributed by atoms with Crippen molar-refractivity contribution >= 4 is 11.8 Å². The number of aromatic nitrogens is 1. The van der Waals surface area contributed by atoms with Gasteiger partial charge in [-0.15, -0.1) is 0 Å². The summed E-state index contributed by atoms with van der Waals surface area (Å²) in [7, 11) is 0. The number of nitrogens with one attached hydrogen (secondary N) is 1. The minimum atomic E-state index is -0.775. The van der Waals surface area contributed by atoms with E-state index in [1.165, 1.54) is 29.7 Å². The molecule has 1 aromatic carbocycles. The molecule has 2 heterocycles. The minimum Gasteiger partial charge on any atom is -0.442 e. The fourth-order valence-corrected chi connectivity index (χ4v) is 2.61. The van der Waals surface area contributed by atoms with E-state index in [0.717, 1.165) is 12.1 Å². The number of hydrogen-bond donors (Lipinski definition) is 2. The lowest BCUT2D eigenvalue weighted by atomic mass is 10.1. The topological polar surface area (TPSA) is 80.5 Å². The highest BCUT2D eigenvalue weighted by Gasteiger charge is 2.33. The van der Waals surface area contributed by atoms with E-state index >= 15 is 0 Å². The van der Waals surface area contributed by atoms with Gasteiger partial charge in [0, 0.05) is 30.4 Å². The average molecular weight is 346 g/mol. The van der Waals surface area contributed by atoms with Crippen molar-refractivity contribution in [2.24, 2.45) is 5.73 Å². The molecular formula is C17H16F2N4O2. The first-order chi connectivity index (χ1) is 12.1. The minimum absolute atomic E-state index is 0.101. The van der Waals surface area contributed by atoms with Crippen LogP contribution in [0.25, 0.3) is 11.1 Å². The van der Waals surface area contributed by atoms with Crippen molar-refractivity contribution in [1.82, 2.24) is 10.3 Å². The van der Waals surface area contributed by atoms with E-state index in [0.29, 0.717) is 12.1 Å². The van der Waals surface area contributed by atoms with Gasteiger partial charge in [-0.05, 0) is 18.2 Å². The van der Waals surface area contributed by atoms with E-state index in [2.05, 4.69) is 10.3 Å². The maximum Gasteiger partial charge on any atom is 0.414 e. The van der Waals surface area contributed by atoms with Crippen LogP contribution in [0, 0.1) is 11.6 Å². The zero-order chi connectivity index (χ0) is 17.8. The van der Waals surface area contributed by atoms with Gasteiger partial charge in [0.1, 0.15) is 17.7 Å². The molecule has 2 aromatic rings. The number of amides is 1. The molecule has 25 heavy (non-hydrogen) atoms. The Balaban J connectivity index is 1.83. The van der Waals surface area contributed by atoms with Gasteiger partial charge in [0.2, 0.25) is 0 Å². The maximum atomic E-state index is 14.4. The number of benzene rings is 1. The molecule has 0 spiro atoms. The molecule has 1 unspecified atom stereocenters. The van der Waals surface area contributed by atoms with Crippen molar-refractivity contribution in [2.75, 3.05) is 18.0 Å². The molecule has 1 saturated heterocycles. The number of ether oxygens (including phenoxy) is 1. The van der Waals surface area contributed by atoms with E-state index in [9.17, 15) is 13.6 Å². The number of halogens is 2. The van der Waals surface area contributed by atoms with Crippen LogP contribution in [-0.2, 0) is 4.74 Å². The monoisotopic (exact) mass is 346 g/mol. The lowest BCUT2D eigenvalue weighted by Gasteiger charge is -2.15. The van der Waals surface area contributed by atoms with Gasteiger partial charge in [-0.3, -0.25) is 9.88 Å². The van der Waals surface area contributed by atoms with Gasteiger partial charge in [-0.25, -0.2) is 13.6 Å². The molecule has 1 fully saturated rings. The fourth-order valence-electron chi connectivity index (χ4n) is 2.61. The van der Waals surface area contributed by atoms with Gasteiger partial charge >= 0.3 is 6.09 Å². The maximum absolute atomic E-state index is 14.4. The summed E-state index contributed by atoms with van der Waals surface area (Å²) in [6.07, 6.45) is 4.61. The van der Waals surface area contributed by atoms with Gasteiger partial charge < -0.3 is 15.8 Å². The van der Waals surface area contributed by atoms with E-state index in [1.54, 1.807) is 12.1 Å². The Morgan fingerprint density at radius 1 is 1.40 bits per heavy atom. The summed E-state index contributed by atoms with van der Waals surface area (Å²) in [5, 5.41) is 2.86. The van der Waals surface area contributed by atoms with Crippen molar-refractivity contribution < 1.29 is 18.3 Å². The molecule has 1 atom stereocenters. The van der Waals surface area contributed by atoms with Gasteiger partial charge in [0.15, 0.2) is 0 Å². The second-order valence-electron chi connectivity index (χ2n) is 5.41.